The van der Waals surface area contributed by atoms with Crippen LogP contribution in [0.15, 0.2) is 33.3 Å². The third kappa shape index (κ3) is 4.06. The van der Waals surface area contributed by atoms with E-state index in [9.17, 15) is 0 Å². The van der Waals surface area contributed by atoms with Crippen LogP contribution in [0.25, 0.3) is 11.3 Å². The van der Waals surface area contributed by atoms with E-state index in [1.54, 1.807) is 6.20 Å². The predicted octanol–water partition coefficient (Wildman–Crippen LogP) is 4.30. The lowest BCUT2D eigenvalue weighted by Crippen LogP contribution is -2.17. The van der Waals surface area contributed by atoms with Crippen LogP contribution < -0.4 is 5.32 Å². The van der Waals surface area contributed by atoms with Crippen molar-refractivity contribution in [3.8, 4) is 11.3 Å². The first-order valence-electron chi connectivity index (χ1n) is 6.31. The summed E-state index contributed by atoms with van der Waals surface area (Å²) in [6.45, 7) is 4.04. The zero-order chi connectivity index (χ0) is 13.7. The van der Waals surface area contributed by atoms with Gasteiger partial charge in [0.1, 0.15) is 0 Å². The number of halogens is 2. The maximum absolute atomic E-state index is 6.19. The second-order valence-corrected chi connectivity index (χ2v) is 5.57. The Labute approximate surface area is 126 Å². The van der Waals surface area contributed by atoms with Crippen molar-refractivity contribution in [3.63, 3.8) is 0 Å². The van der Waals surface area contributed by atoms with E-state index in [0.29, 0.717) is 10.8 Å². The Kier molecular flexibility index (Phi) is 5.43. The minimum atomic E-state index is 0.654. The van der Waals surface area contributed by atoms with Gasteiger partial charge < -0.3 is 9.73 Å². The van der Waals surface area contributed by atoms with Gasteiger partial charge in [-0.3, -0.25) is 0 Å². The molecule has 19 heavy (non-hydrogen) atoms. The number of hydrogen-bond donors (Lipinski definition) is 1. The molecule has 0 saturated carbocycles. The molecule has 0 radical (unpaired) electrons. The average molecular weight is 344 g/mol. The van der Waals surface area contributed by atoms with Crippen molar-refractivity contribution >= 4 is 27.5 Å². The van der Waals surface area contributed by atoms with Crippen molar-refractivity contribution in [1.29, 1.82) is 0 Å². The molecule has 0 unspecified atom stereocenters. The minimum absolute atomic E-state index is 0.654. The molecule has 0 aliphatic carbocycles. The second-order valence-electron chi connectivity index (χ2n) is 4.24. The molecule has 0 fully saturated rings. The molecule has 5 heteroatoms. The lowest BCUT2D eigenvalue weighted by molar-refractivity contribution is 0.495. The standard InChI is InChI=1S/C14H16BrClN2O/c1-2-6-17-7-5-14-18-9-13(19-14)11-4-3-10(15)8-12(11)16/h3-4,8-9,17H,2,5-7H2,1H3. The Hall–Kier alpha value is -0.840. The van der Waals surface area contributed by atoms with Crippen LogP contribution in [-0.4, -0.2) is 18.1 Å². The molecule has 3 nitrogen and oxygen atoms in total. The maximum atomic E-state index is 6.19. The largest absolute Gasteiger partial charge is 0.441 e. The molecule has 0 spiro atoms. The molecule has 0 bridgehead atoms. The van der Waals surface area contributed by atoms with Gasteiger partial charge in [0, 0.05) is 23.0 Å². The predicted molar refractivity (Wildman–Crippen MR) is 81.5 cm³/mol. The Morgan fingerprint density at radius 2 is 2.21 bits per heavy atom. The fourth-order valence-electron chi connectivity index (χ4n) is 1.74. The van der Waals surface area contributed by atoms with Crippen molar-refractivity contribution < 1.29 is 4.42 Å². The molecule has 2 aromatic rings. The first-order chi connectivity index (χ1) is 9.20. The van der Waals surface area contributed by atoms with Gasteiger partial charge in [0.05, 0.1) is 11.2 Å². The summed E-state index contributed by atoms with van der Waals surface area (Å²) < 4.78 is 6.67. The molecule has 0 aliphatic rings. The second kappa shape index (κ2) is 7.08. The number of nitrogens with zero attached hydrogens (tertiary/aromatic N) is 1. The Morgan fingerprint density at radius 1 is 1.37 bits per heavy atom. The van der Waals surface area contributed by atoms with Crippen molar-refractivity contribution in [2.45, 2.75) is 19.8 Å². The van der Waals surface area contributed by atoms with E-state index < -0.39 is 0 Å². The third-order valence-electron chi connectivity index (χ3n) is 2.69. The van der Waals surface area contributed by atoms with Crippen LogP contribution in [0, 0.1) is 0 Å². The molecule has 0 saturated heterocycles. The summed E-state index contributed by atoms with van der Waals surface area (Å²) in [5.74, 6) is 1.44. The molecule has 1 aromatic heterocycles. The molecular formula is C14H16BrClN2O. The van der Waals surface area contributed by atoms with E-state index in [4.69, 9.17) is 16.0 Å². The zero-order valence-electron chi connectivity index (χ0n) is 10.7. The molecule has 2 rings (SSSR count). The quantitative estimate of drug-likeness (QED) is 0.795. The van der Waals surface area contributed by atoms with Crippen molar-refractivity contribution in [3.05, 3.63) is 39.8 Å². The Morgan fingerprint density at radius 3 is 2.95 bits per heavy atom. The number of oxazole rings is 1. The summed E-state index contributed by atoms with van der Waals surface area (Å²) in [6, 6.07) is 5.71. The average Bonchev–Trinajstić information content (AvgIpc) is 2.83. The van der Waals surface area contributed by atoms with Crippen molar-refractivity contribution in [1.82, 2.24) is 10.3 Å². The topological polar surface area (TPSA) is 38.1 Å². The Balaban J connectivity index is 2.04. The van der Waals surface area contributed by atoms with E-state index >= 15 is 0 Å². The number of hydrogen-bond acceptors (Lipinski definition) is 3. The van der Waals surface area contributed by atoms with E-state index in [1.807, 2.05) is 18.2 Å². The normalized spacial score (nSPS) is 10.9. The van der Waals surface area contributed by atoms with Crippen LogP contribution in [-0.2, 0) is 6.42 Å². The number of rotatable bonds is 6. The minimum Gasteiger partial charge on any atom is -0.441 e. The summed E-state index contributed by atoms with van der Waals surface area (Å²) in [5, 5.41) is 3.97. The van der Waals surface area contributed by atoms with Crippen LogP contribution in [0.3, 0.4) is 0 Å². The van der Waals surface area contributed by atoms with Crippen molar-refractivity contribution in [2.75, 3.05) is 13.1 Å². The monoisotopic (exact) mass is 342 g/mol. The van der Waals surface area contributed by atoms with Gasteiger partial charge in [0.15, 0.2) is 11.7 Å². The van der Waals surface area contributed by atoms with E-state index in [2.05, 4.69) is 33.2 Å². The SMILES string of the molecule is CCCNCCc1ncc(-c2ccc(Br)cc2Cl)o1. The van der Waals surface area contributed by atoms with Gasteiger partial charge in [-0.25, -0.2) is 4.98 Å². The highest BCUT2D eigenvalue weighted by Crippen LogP contribution is 2.30. The highest BCUT2D eigenvalue weighted by molar-refractivity contribution is 9.10. The number of aromatic nitrogens is 1. The van der Waals surface area contributed by atoms with Crippen LogP contribution in [0.4, 0.5) is 0 Å². The lowest BCUT2D eigenvalue weighted by Gasteiger charge is -2.01. The van der Waals surface area contributed by atoms with Crippen LogP contribution in [0.2, 0.25) is 5.02 Å². The Bertz CT molecular complexity index is 542. The molecule has 1 N–H and O–H groups in total. The molecular weight excluding hydrogens is 328 g/mol. The molecule has 102 valence electrons. The van der Waals surface area contributed by atoms with Crippen LogP contribution >= 0.6 is 27.5 Å². The molecule has 1 aromatic carbocycles. The van der Waals surface area contributed by atoms with Gasteiger partial charge in [-0.2, -0.15) is 0 Å². The molecule has 0 aliphatic heterocycles. The van der Waals surface area contributed by atoms with E-state index in [1.165, 1.54) is 0 Å². The summed E-state index contributed by atoms with van der Waals surface area (Å²) in [6.07, 6.45) is 3.64. The van der Waals surface area contributed by atoms with Crippen LogP contribution in [0.5, 0.6) is 0 Å². The molecule has 0 amide bonds. The number of nitrogens with one attached hydrogen (secondary N) is 1. The van der Waals surface area contributed by atoms with Gasteiger partial charge in [0.25, 0.3) is 0 Å². The van der Waals surface area contributed by atoms with Gasteiger partial charge in [-0.1, -0.05) is 34.5 Å². The van der Waals surface area contributed by atoms with Gasteiger partial charge in [-0.15, -0.1) is 0 Å². The van der Waals surface area contributed by atoms with E-state index in [-0.39, 0.29) is 0 Å². The zero-order valence-corrected chi connectivity index (χ0v) is 13.1. The number of benzene rings is 1. The summed E-state index contributed by atoms with van der Waals surface area (Å²) in [4.78, 5) is 4.28. The first-order valence-corrected chi connectivity index (χ1v) is 7.48. The fraction of sp³-hybridized carbons (Fsp3) is 0.357. The van der Waals surface area contributed by atoms with Gasteiger partial charge in [-0.05, 0) is 31.2 Å². The summed E-state index contributed by atoms with van der Waals surface area (Å²) in [5.41, 5.74) is 0.866. The van der Waals surface area contributed by atoms with Crippen LogP contribution in [0.1, 0.15) is 19.2 Å². The van der Waals surface area contributed by atoms with Gasteiger partial charge in [0.2, 0.25) is 0 Å². The van der Waals surface area contributed by atoms with E-state index in [0.717, 1.165) is 41.9 Å². The third-order valence-corrected chi connectivity index (χ3v) is 3.50. The molecule has 0 atom stereocenters. The smallest absolute Gasteiger partial charge is 0.196 e. The highest BCUT2D eigenvalue weighted by Gasteiger charge is 2.10. The molecule has 1 heterocycles. The van der Waals surface area contributed by atoms with Crippen molar-refractivity contribution in [2.24, 2.45) is 0 Å². The summed E-state index contributed by atoms with van der Waals surface area (Å²) in [7, 11) is 0. The first kappa shape index (κ1) is 14.6. The van der Waals surface area contributed by atoms with Gasteiger partial charge >= 0.3 is 0 Å². The summed E-state index contributed by atoms with van der Waals surface area (Å²) >= 11 is 9.57. The lowest BCUT2D eigenvalue weighted by atomic mass is 10.2. The fourth-order valence-corrected chi connectivity index (χ4v) is 2.50. The maximum Gasteiger partial charge on any atom is 0.196 e. The highest BCUT2D eigenvalue weighted by atomic mass is 79.9.